The molecular weight excluding hydrogens is 640 g/mol. The fourth-order valence-corrected chi connectivity index (χ4v) is 5.08. The maximum Gasteiger partial charge on any atom is 0.341 e. The van der Waals surface area contributed by atoms with E-state index in [1.165, 1.54) is 0 Å². The Bertz CT molecular complexity index is 1510. The largest absolute Gasteiger partial charge is 0.495 e. The molecule has 0 spiro atoms. The molecule has 264 valence electrons. The fourth-order valence-electron chi connectivity index (χ4n) is 5.08. The highest BCUT2D eigenvalue weighted by atomic mass is 32.2. The Labute approximate surface area is 284 Å². The lowest BCUT2D eigenvalue weighted by Crippen LogP contribution is -2.46. The van der Waals surface area contributed by atoms with Gasteiger partial charge in [0.1, 0.15) is 23.7 Å². The number of para-hydroxylation sites is 3. The van der Waals surface area contributed by atoms with Gasteiger partial charge < -0.3 is 33.3 Å². The van der Waals surface area contributed by atoms with Crippen molar-refractivity contribution in [2.24, 2.45) is 0 Å². The van der Waals surface area contributed by atoms with Gasteiger partial charge in [0.25, 0.3) is 10.1 Å². The zero-order valence-corrected chi connectivity index (χ0v) is 29.3. The summed E-state index contributed by atoms with van der Waals surface area (Å²) in [7, 11) is -1.96. The van der Waals surface area contributed by atoms with Gasteiger partial charge in [-0.3, -0.25) is 9.45 Å². The molecule has 1 heterocycles. The van der Waals surface area contributed by atoms with Crippen molar-refractivity contribution in [3.05, 3.63) is 71.8 Å². The van der Waals surface area contributed by atoms with Crippen molar-refractivity contribution in [1.82, 2.24) is 4.90 Å². The molecule has 12 nitrogen and oxygen atoms in total. The third-order valence-corrected chi connectivity index (χ3v) is 7.12. The van der Waals surface area contributed by atoms with Crippen molar-refractivity contribution in [2.45, 2.75) is 33.8 Å². The topological polar surface area (TPSA) is 133 Å². The molecule has 4 rings (SSSR count). The van der Waals surface area contributed by atoms with Gasteiger partial charge in [-0.1, -0.05) is 24.3 Å². The number of rotatable bonds is 16. The summed E-state index contributed by atoms with van der Waals surface area (Å²) in [5, 5.41) is 0. The van der Waals surface area contributed by atoms with Crippen LogP contribution in [0.5, 0.6) is 28.7 Å². The van der Waals surface area contributed by atoms with E-state index in [2.05, 4.69) is 15.9 Å². The van der Waals surface area contributed by atoms with Gasteiger partial charge in [-0.25, -0.2) is 4.79 Å². The third-order valence-electron chi connectivity index (χ3n) is 7.12. The second kappa shape index (κ2) is 19.6. The first-order valence-electron chi connectivity index (χ1n) is 16.0. The number of piperazine rings is 1. The van der Waals surface area contributed by atoms with Crippen molar-refractivity contribution >= 4 is 21.8 Å². The molecule has 13 heteroatoms. The van der Waals surface area contributed by atoms with E-state index in [4.69, 9.17) is 33.0 Å². The van der Waals surface area contributed by atoms with Gasteiger partial charge >= 0.3 is 5.97 Å². The Kier molecular flexibility index (Phi) is 15.6. The SMILES string of the molecule is CCOc1cc(COc2ccccc2C(=O)OCCCN2CCN(c3ccccc3OC)CC2)cc(OCC)c1OCC.CS(=O)(=O)O. The predicted molar refractivity (Wildman–Crippen MR) is 185 cm³/mol. The summed E-state index contributed by atoms with van der Waals surface area (Å²) < 4.78 is 60.6. The van der Waals surface area contributed by atoms with Crippen molar-refractivity contribution in [2.75, 3.05) is 77.4 Å². The van der Waals surface area contributed by atoms with Crippen LogP contribution < -0.4 is 28.6 Å². The predicted octanol–water partition coefficient (Wildman–Crippen LogP) is 5.34. The minimum atomic E-state index is -3.67. The van der Waals surface area contributed by atoms with Crippen LogP contribution in [-0.4, -0.2) is 96.4 Å². The van der Waals surface area contributed by atoms with E-state index in [1.54, 1.807) is 19.2 Å². The molecule has 0 aliphatic carbocycles. The average Bonchev–Trinajstić information content (AvgIpc) is 3.07. The maximum atomic E-state index is 13.0. The highest BCUT2D eigenvalue weighted by Crippen LogP contribution is 2.39. The Morgan fingerprint density at radius 1 is 0.792 bits per heavy atom. The van der Waals surface area contributed by atoms with Gasteiger partial charge in [-0.2, -0.15) is 8.42 Å². The number of carbonyl (C=O) groups is 1. The van der Waals surface area contributed by atoms with Gasteiger partial charge in [0.15, 0.2) is 11.5 Å². The molecule has 1 fully saturated rings. The van der Waals surface area contributed by atoms with Gasteiger partial charge in [0.2, 0.25) is 5.75 Å². The molecular formula is C35H48N2O10S. The third kappa shape index (κ3) is 12.4. The highest BCUT2D eigenvalue weighted by Gasteiger charge is 2.20. The van der Waals surface area contributed by atoms with Gasteiger partial charge in [-0.05, 0) is 69.2 Å². The summed E-state index contributed by atoms with van der Waals surface area (Å²) in [5.74, 6) is 2.75. The standard InChI is InChI=1S/C34H44N2O7.CH4O3S/c1-5-39-31-23-26(24-32(40-6-2)33(31)41-7-3)25-43-29-15-10-8-13-27(29)34(37)42-22-12-17-35-18-20-36(21-19-35)28-14-9-11-16-30(28)38-4;1-5(2,3)4/h8-11,13-16,23-24H,5-7,12,17-22,25H2,1-4H3;1H3,(H,2,3,4). The molecule has 3 aromatic rings. The number of ether oxygens (including phenoxy) is 6. The summed E-state index contributed by atoms with van der Waals surface area (Å²) >= 11 is 0. The smallest absolute Gasteiger partial charge is 0.341 e. The zero-order chi connectivity index (χ0) is 34.9. The first-order valence-corrected chi connectivity index (χ1v) is 17.9. The molecule has 48 heavy (non-hydrogen) atoms. The number of methoxy groups -OCH3 is 1. The minimum Gasteiger partial charge on any atom is -0.495 e. The van der Waals surface area contributed by atoms with Crippen molar-refractivity contribution in [3.63, 3.8) is 0 Å². The zero-order valence-electron chi connectivity index (χ0n) is 28.5. The molecule has 1 saturated heterocycles. The molecule has 0 bridgehead atoms. The first-order chi connectivity index (χ1) is 23.1. The molecule has 0 atom stereocenters. The number of hydrogen-bond acceptors (Lipinski definition) is 11. The maximum absolute atomic E-state index is 13.0. The molecule has 0 aromatic heterocycles. The number of esters is 1. The van der Waals surface area contributed by atoms with Crippen LogP contribution in [-0.2, 0) is 21.5 Å². The van der Waals surface area contributed by atoms with Gasteiger partial charge in [0.05, 0.1) is 45.5 Å². The van der Waals surface area contributed by atoms with E-state index in [-0.39, 0.29) is 6.61 Å². The summed E-state index contributed by atoms with van der Waals surface area (Å²) in [6.45, 7) is 12.4. The number of nitrogens with zero attached hydrogens (tertiary/aromatic N) is 2. The fraction of sp³-hybridized carbons (Fsp3) is 0.457. The van der Waals surface area contributed by atoms with Crippen LogP contribution in [0.4, 0.5) is 5.69 Å². The van der Waals surface area contributed by atoms with E-state index in [1.807, 2.05) is 63.2 Å². The van der Waals surface area contributed by atoms with E-state index in [0.717, 1.165) is 56.1 Å². The minimum absolute atomic E-state index is 0.220. The number of benzene rings is 3. The van der Waals surface area contributed by atoms with Crippen LogP contribution in [0.1, 0.15) is 43.1 Å². The van der Waals surface area contributed by atoms with E-state index < -0.39 is 16.1 Å². The van der Waals surface area contributed by atoms with Crippen LogP contribution in [0.25, 0.3) is 0 Å². The summed E-state index contributed by atoms with van der Waals surface area (Å²) in [4.78, 5) is 17.8. The van der Waals surface area contributed by atoms with Crippen LogP contribution in [0.2, 0.25) is 0 Å². The van der Waals surface area contributed by atoms with Crippen LogP contribution in [0.3, 0.4) is 0 Å². The lowest BCUT2D eigenvalue weighted by Gasteiger charge is -2.36. The van der Waals surface area contributed by atoms with Crippen LogP contribution >= 0.6 is 0 Å². The average molecular weight is 689 g/mol. The Balaban J connectivity index is 0.00000116. The Hall–Kier alpha value is -4.20. The molecule has 0 unspecified atom stereocenters. The molecule has 0 amide bonds. The second-order valence-corrected chi connectivity index (χ2v) is 12.2. The Morgan fingerprint density at radius 3 is 1.94 bits per heavy atom. The van der Waals surface area contributed by atoms with Crippen molar-refractivity contribution in [1.29, 1.82) is 0 Å². The summed E-state index contributed by atoms with van der Waals surface area (Å²) in [6.07, 6.45) is 1.48. The van der Waals surface area contributed by atoms with E-state index in [9.17, 15) is 13.2 Å². The molecule has 0 saturated carbocycles. The second-order valence-electron chi connectivity index (χ2n) is 10.7. The van der Waals surface area contributed by atoms with E-state index >= 15 is 0 Å². The van der Waals surface area contributed by atoms with Crippen molar-refractivity contribution < 1.29 is 46.2 Å². The number of anilines is 1. The normalized spacial score (nSPS) is 13.2. The van der Waals surface area contributed by atoms with Crippen LogP contribution in [0, 0.1) is 0 Å². The number of hydrogen-bond donors (Lipinski definition) is 1. The monoisotopic (exact) mass is 688 g/mol. The molecule has 3 aromatic carbocycles. The Morgan fingerprint density at radius 2 is 1.35 bits per heavy atom. The summed E-state index contributed by atoms with van der Waals surface area (Å²) in [6, 6.07) is 19.0. The van der Waals surface area contributed by atoms with Crippen molar-refractivity contribution in [3.8, 4) is 28.7 Å². The summed E-state index contributed by atoms with van der Waals surface area (Å²) in [5.41, 5.74) is 2.37. The molecule has 1 aliphatic rings. The highest BCUT2D eigenvalue weighted by molar-refractivity contribution is 7.85. The lowest BCUT2D eigenvalue weighted by atomic mass is 10.1. The van der Waals surface area contributed by atoms with E-state index in [0.29, 0.717) is 61.2 Å². The molecule has 0 radical (unpaired) electrons. The molecule has 1 aliphatic heterocycles. The number of carbonyl (C=O) groups excluding carboxylic acids is 1. The first kappa shape index (κ1) is 38.2. The quantitative estimate of drug-likeness (QED) is 0.118. The van der Waals surface area contributed by atoms with Crippen LogP contribution in [0.15, 0.2) is 60.7 Å². The lowest BCUT2D eigenvalue weighted by molar-refractivity contribution is 0.0482. The van der Waals surface area contributed by atoms with Gasteiger partial charge in [-0.15, -0.1) is 0 Å². The van der Waals surface area contributed by atoms with Gasteiger partial charge in [0, 0.05) is 32.7 Å². The molecule has 1 N–H and O–H groups in total.